The number of hydrogen-bond donors (Lipinski definition) is 1. The Hall–Kier alpha value is -13.3. The van der Waals surface area contributed by atoms with E-state index in [0.29, 0.717) is 11.1 Å². The van der Waals surface area contributed by atoms with Crippen LogP contribution < -0.4 is 10.1 Å². The van der Waals surface area contributed by atoms with E-state index in [4.69, 9.17) is 61.6 Å². The van der Waals surface area contributed by atoms with Crippen molar-refractivity contribution in [2.75, 3.05) is 26.4 Å². The molecule has 2 heterocycles. The highest BCUT2D eigenvalue weighted by molar-refractivity contribution is 5.94. The second-order valence-corrected chi connectivity index (χ2v) is 25.5. The van der Waals surface area contributed by atoms with E-state index >= 15 is 8.78 Å². The van der Waals surface area contributed by atoms with Gasteiger partial charge in [-0.1, -0.05) is 176 Å². The highest BCUT2D eigenvalue weighted by Gasteiger charge is 2.57. The van der Waals surface area contributed by atoms with Crippen molar-refractivity contribution < 1.29 is 127 Å². The van der Waals surface area contributed by atoms with Crippen LogP contribution in [0, 0.1) is 29.1 Å². The minimum Gasteiger partial charge on any atom is -0.459 e. The predicted molar refractivity (Wildman–Crippen MR) is 384 cm³/mol. The quantitative estimate of drug-likeness (QED) is 0.0132. The van der Waals surface area contributed by atoms with Gasteiger partial charge in [-0.05, 0) is 107 Å². The number of fused-ring (bicyclic) bond motifs is 3. The lowest BCUT2D eigenvalue weighted by Crippen LogP contribution is -2.65. The predicted octanol–water partition coefficient (Wildman–Crippen LogP) is 12.9. The molecule has 13 rings (SSSR count). The normalized spacial score (nSPS) is 19.8. The van der Waals surface area contributed by atoms with E-state index in [9.17, 15) is 56.3 Å². The molecule has 0 aromatic heterocycles. The number of nitrogens with one attached hydrogen (secondary N) is 1. The van der Waals surface area contributed by atoms with E-state index in [-0.39, 0.29) is 38.9 Å². The molecule has 28 heteroatoms. The highest BCUT2D eigenvalue weighted by Crippen LogP contribution is 2.45. The number of esters is 8. The van der Waals surface area contributed by atoms with Gasteiger partial charge in [-0.15, -0.1) is 0 Å². The minimum atomic E-state index is -2.63. The van der Waals surface area contributed by atoms with E-state index in [1.54, 1.807) is 91.0 Å². The zero-order chi connectivity index (χ0) is 79.1. The molecule has 0 bridgehead atoms. The summed E-state index contributed by atoms with van der Waals surface area (Å²) in [6.07, 6.45) is -22.7. The SMILES string of the molecule is O=C(N[C@@H](CO[C@H]1O[C@H](CO[C@H]2O[C@H](COC(=O)c3ccccc3)[C@@H](OC(=O)c3ccccc3)[C@H](OC(=O)c3ccccc3)[C@@H]2OC(=O)c2ccccc2)[C@@H](OC(=O)c2ccccc2)[C@H](OC(=O)c2ccccc2)[C@@H]1OC(=O)c1ccccc1)C(=O)Oc1c(F)c(F)c(F)c(F)c1F)OCC1c2ccccc2-c2ccccc21. The largest absolute Gasteiger partial charge is 0.459 e. The summed E-state index contributed by atoms with van der Waals surface area (Å²) >= 11 is 0. The number of amides is 1. The number of benzene rings is 10. The Kier molecular flexibility index (Phi) is 24.8. The third-order valence-corrected chi connectivity index (χ3v) is 18.2. The van der Waals surface area contributed by atoms with Crippen LogP contribution in [-0.4, -0.2) is 148 Å². The van der Waals surface area contributed by atoms with Crippen LogP contribution >= 0.6 is 0 Å². The second kappa shape index (κ2) is 36.0. The number of halogens is 5. The van der Waals surface area contributed by atoms with Crippen LogP contribution in [0.15, 0.2) is 261 Å². The fourth-order valence-corrected chi connectivity index (χ4v) is 12.7. The molecule has 23 nitrogen and oxygen atoms in total. The maximum absolute atomic E-state index is 15.6. The van der Waals surface area contributed by atoms with E-state index < -0.39 is 188 Å². The molecule has 113 heavy (non-hydrogen) atoms. The number of alkyl carbamates (subject to hydrolysis) is 1. The fraction of sp³-hybridized carbons (Fsp3) is 0.188. The summed E-state index contributed by atoms with van der Waals surface area (Å²) < 4.78 is 156. The first-order chi connectivity index (χ1) is 54.9. The molecule has 0 unspecified atom stereocenters. The van der Waals surface area contributed by atoms with Gasteiger partial charge in [0.25, 0.3) is 0 Å². The summed E-state index contributed by atoms with van der Waals surface area (Å²) in [5.41, 5.74) is 2.30. The van der Waals surface area contributed by atoms with Gasteiger partial charge in [0, 0.05) is 5.92 Å². The molecule has 1 aliphatic carbocycles. The molecule has 11 atom stereocenters. The molecule has 10 aromatic rings. The van der Waals surface area contributed by atoms with Gasteiger partial charge in [-0.3, -0.25) is 0 Å². The molecule has 0 spiro atoms. The molecule has 3 aliphatic rings. The molecular formula is C85H64F5NO22. The number of ether oxygens (including phenoxy) is 13. The van der Waals surface area contributed by atoms with Crippen LogP contribution in [0.25, 0.3) is 11.1 Å². The van der Waals surface area contributed by atoms with Crippen molar-refractivity contribution in [3.8, 4) is 16.9 Å². The van der Waals surface area contributed by atoms with Crippen molar-refractivity contribution in [2.24, 2.45) is 0 Å². The Balaban J connectivity index is 0.921. The van der Waals surface area contributed by atoms with Gasteiger partial charge < -0.3 is 66.9 Å². The first kappa shape index (κ1) is 77.9. The molecule has 10 aromatic carbocycles. The van der Waals surface area contributed by atoms with E-state index in [1.165, 1.54) is 158 Å². The van der Waals surface area contributed by atoms with Gasteiger partial charge in [0.1, 0.15) is 25.4 Å². The zero-order valence-corrected chi connectivity index (χ0v) is 59.0. The lowest BCUT2D eigenvalue weighted by Gasteiger charge is -2.46. The van der Waals surface area contributed by atoms with E-state index in [1.807, 2.05) is 12.1 Å². The van der Waals surface area contributed by atoms with Crippen LogP contribution in [0.4, 0.5) is 26.7 Å². The van der Waals surface area contributed by atoms with Gasteiger partial charge in [0.05, 0.1) is 52.2 Å². The Labute approximate surface area is 639 Å². The molecule has 2 aliphatic heterocycles. The smallest absolute Gasteiger partial charge is 0.407 e. The van der Waals surface area contributed by atoms with Crippen LogP contribution in [-0.2, 0) is 61.6 Å². The van der Waals surface area contributed by atoms with Gasteiger partial charge >= 0.3 is 53.8 Å². The van der Waals surface area contributed by atoms with Crippen LogP contribution in [0.5, 0.6) is 5.75 Å². The summed E-state index contributed by atoms with van der Waals surface area (Å²) in [6, 6.07) is 62.9. The average molecular weight is 1550 g/mol. The molecule has 576 valence electrons. The van der Waals surface area contributed by atoms with Gasteiger partial charge in [-0.25, -0.2) is 56.3 Å². The highest BCUT2D eigenvalue weighted by atomic mass is 19.2. The molecule has 0 radical (unpaired) electrons. The van der Waals surface area contributed by atoms with Crippen LogP contribution in [0.1, 0.15) is 89.6 Å². The lowest BCUT2D eigenvalue weighted by atomic mass is 9.96. The van der Waals surface area contributed by atoms with Crippen molar-refractivity contribution in [2.45, 2.75) is 73.4 Å². The number of carbonyl (C=O) groups excluding carboxylic acids is 9. The zero-order valence-electron chi connectivity index (χ0n) is 59.0. The molecule has 2 fully saturated rings. The number of rotatable bonds is 26. The molecule has 1 amide bonds. The number of hydrogen-bond acceptors (Lipinski definition) is 22. The van der Waals surface area contributed by atoms with Gasteiger partial charge in [-0.2, -0.15) is 8.78 Å². The Morgan fingerprint density at radius 1 is 0.319 bits per heavy atom. The second-order valence-electron chi connectivity index (χ2n) is 25.5. The van der Waals surface area contributed by atoms with Crippen molar-refractivity contribution in [1.82, 2.24) is 5.32 Å². The fourth-order valence-electron chi connectivity index (χ4n) is 12.7. The summed E-state index contributed by atoms with van der Waals surface area (Å²) in [6.45, 7) is -3.84. The van der Waals surface area contributed by atoms with Gasteiger partial charge in [0.15, 0.2) is 55.2 Å². The van der Waals surface area contributed by atoms with Crippen molar-refractivity contribution >= 4 is 53.8 Å². The minimum absolute atomic E-state index is 0.0333. The summed E-state index contributed by atoms with van der Waals surface area (Å²) in [4.78, 5) is 131. The maximum atomic E-state index is 15.6. The third kappa shape index (κ3) is 18.3. The number of carbonyl (C=O) groups is 9. The summed E-state index contributed by atoms with van der Waals surface area (Å²) in [5, 5.41) is 2.16. The molecule has 2 saturated heterocycles. The third-order valence-electron chi connectivity index (χ3n) is 18.2. The van der Waals surface area contributed by atoms with Crippen molar-refractivity contribution in [3.05, 3.63) is 340 Å². The van der Waals surface area contributed by atoms with Crippen LogP contribution in [0.2, 0.25) is 0 Å². The monoisotopic (exact) mass is 1550 g/mol. The van der Waals surface area contributed by atoms with E-state index in [0.717, 1.165) is 11.1 Å². The molecule has 0 saturated carbocycles. The van der Waals surface area contributed by atoms with Crippen molar-refractivity contribution in [3.63, 3.8) is 0 Å². The maximum Gasteiger partial charge on any atom is 0.407 e. The Morgan fingerprint density at radius 2 is 0.619 bits per heavy atom. The molecule has 1 N–H and O–H groups in total. The Morgan fingerprint density at radius 3 is 0.991 bits per heavy atom. The van der Waals surface area contributed by atoms with Crippen molar-refractivity contribution in [1.29, 1.82) is 0 Å². The lowest BCUT2D eigenvalue weighted by molar-refractivity contribution is -0.328. The van der Waals surface area contributed by atoms with Gasteiger partial charge in [0.2, 0.25) is 34.8 Å². The Bertz CT molecular complexity index is 5010. The molecular weight excluding hydrogens is 1480 g/mol. The first-order valence-corrected chi connectivity index (χ1v) is 35.0. The standard InChI is InChI=1S/C85H64F5NO22/c86-63-64(87)66(89)70(67(90)65(63)88)109-82(99)60(91-85(100)104-44-59-57-42-24-22-40-55(57)56-41-23-25-43-58(56)59)45-102-83-73(112-80(97)53-36-18-6-19-37-53)72(111-79(96)52-34-16-5-17-35-52)69(108-77(94)50-30-12-3-13-31-50)62(106-83)47-103-84-74(113-81(98)54-38-20-7-21-39-54)71(110-78(95)51-32-14-4-15-33-51)68(107-76(93)49-28-10-2-11-29-49)61(105-84)46-101-75(92)48-26-8-1-9-27-48/h1-43,59-62,68-69,71-74,83-84H,44-47H2,(H,91,100)/t60-,61+,62+,68+,69+,71-,72-,73-,74-,83-,84-/m0/s1. The van der Waals surface area contributed by atoms with E-state index in [2.05, 4.69) is 5.32 Å². The van der Waals surface area contributed by atoms with Crippen LogP contribution in [0.3, 0.4) is 0 Å². The average Bonchev–Trinajstić information content (AvgIpc) is 1.70. The topological polar surface area (TPSA) is 286 Å². The summed E-state index contributed by atoms with van der Waals surface area (Å²) in [5.74, 6) is -25.6. The first-order valence-electron chi connectivity index (χ1n) is 35.0. The summed E-state index contributed by atoms with van der Waals surface area (Å²) in [7, 11) is 0.